The van der Waals surface area contributed by atoms with Crippen LogP contribution in [0.4, 0.5) is 5.69 Å². The summed E-state index contributed by atoms with van der Waals surface area (Å²) in [6.07, 6.45) is 0. The van der Waals surface area contributed by atoms with Gasteiger partial charge in [-0.05, 0) is 54.4 Å². The van der Waals surface area contributed by atoms with E-state index in [0.717, 1.165) is 21.8 Å². The lowest BCUT2D eigenvalue weighted by Gasteiger charge is -2.18. The van der Waals surface area contributed by atoms with Crippen LogP contribution in [0, 0.1) is 6.92 Å². The fourth-order valence-corrected chi connectivity index (χ4v) is 3.83. The Bertz CT molecular complexity index is 926. The highest BCUT2D eigenvalue weighted by atomic mass is 32.2. The molecule has 0 aromatic heterocycles. The Balaban J connectivity index is 1.88. The summed E-state index contributed by atoms with van der Waals surface area (Å²) in [4.78, 5) is 14.2. The van der Waals surface area contributed by atoms with Crippen LogP contribution in [-0.2, 0) is 4.79 Å². The second-order valence-electron chi connectivity index (χ2n) is 6.28. The predicted molar refractivity (Wildman–Crippen MR) is 114 cm³/mol. The highest BCUT2D eigenvalue weighted by Gasteiger charge is 2.23. The van der Waals surface area contributed by atoms with Gasteiger partial charge < -0.3 is 14.8 Å². The van der Waals surface area contributed by atoms with E-state index in [2.05, 4.69) is 5.32 Å². The molecule has 1 amide bonds. The number of carbonyl (C=O) groups is 1. The van der Waals surface area contributed by atoms with Crippen LogP contribution in [0.2, 0.25) is 0 Å². The molecule has 0 spiro atoms. The summed E-state index contributed by atoms with van der Waals surface area (Å²) in [5.41, 5.74) is 2.66. The molecule has 0 heterocycles. The van der Waals surface area contributed by atoms with Gasteiger partial charge in [-0.15, -0.1) is 11.8 Å². The van der Waals surface area contributed by atoms with E-state index in [-0.39, 0.29) is 5.91 Å². The Labute approximate surface area is 169 Å². The summed E-state index contributed by atoms with van der Waals surface area (Å²) in [5.74, 6) is 1.32. The Morgan fingerprint density at radius 1 is 0.929 bits per heavy atom. The van der Waals surface area contributed by atoms with Crippen LogP contribution in [-0.4, -0.2) is 20.1 Å². The third-order valence-corrected chi connectivity index (χ3v) is 5.53. The van der Waals surface area contributed by atoms with Gasteiger partial charge in [0.15, 0.2) is 0 Å². The molecule has 4 nitrogen and oxygen atoms in total. The number of methoxy groups -OCH3 is 2. The minimum atomic E-state index is -0.403. The number of hydrogen-bond donors (Lipinski definition) is 1. The standard InChI is InChI=1S/C23H23NO3S/c1-16-9-14-21(27-3)20(15-16)24-23(25)22(17-7-5-4-6-8-17)28-19-12-10-18(26-2)11-13-19/h4-15,22H,1-3H3,(H,24,25)/t22-/m0/s1. The number of aryl methyl sites for hydroxylation is 1. The molecule has 0 bridgehead atoms. The van der Waals surface area contributed by atoms with Crippen molar-refractivity contribution < 1.29 is 14.3 Å². The molecular formula is C23H23NO3S. The Morgan fingerprint density at radius 3 is 2.29 bits per heavy atom. The molecule has 0 aliphatic carbocycles. The molecule has 5 heteroatoms. The van der Waals surface area contributed by atoms with Crippen molar-refractivity contribution in [3.8, 4) is 11.5 Å². The molecule has 0 unspecified atom stereocenters. The molecule has 28 heavy (non-hydrogen) atoms. The fraction of sp³-hybridized carbons (Fsp3) is 0.174. The number of benzene rings is 3. The summed E-state index contributed by atoms with van der Waals surface area (Å²) in [6.45, 7) is 1.98. The second-order valence-corrected chi connectivity index (χ2v) is 7.46. The maximum atomic E-state index is 13.2. The minimum absolute atomic E-state index is 0.101. The highest BCUT2D eigenvalue weighted by molar-refractivity contribution is 8.00. The van der Waals surface area contributed by atoms with E-state index >= 15 is 0 Å². The molecule has 0 radical (unpaired) electrons. The van der Waals surface area contributed by atoms with Crippen molar-refractivity contribution in [2.75, 3.05) is 19.5 Å². The molecule has 0 saturated carbocycles. The average molecular weight is 394 g/mol. The van der Waals surface area contributed by atoms with Gasteiger partial charge in [-0.2, -0.15) is 0 Å². The number of nitrogens with one attached hydrogen (secondary N) is 1. The molecule has 0 aliphatic heterocycles. The van der Waals surface area contributed by atoms with Crippen LogP contribution in [0.3, 0.4) is 0 Å². The first-order chi connectivity index (χ1) is 13.6. The predicted octanol–water partition coefficient (Wildman–Crippen LogP) is 5.48. The van der Waals surface area contributed by atoms with Gasteiger partial charge in [-0.3, -0.25) is 4.79 Å². The van der Waals surface area contributed by atoms with Gasteiger partial charge >= 0.3 is 0 Å². The number of anilines is 1. The number of hydrogen-bond acceptors (Lipinski definition) is 4. The van der Waals surface area contributed by atoms with E-state index in [1.165, 1.54) is 11.8 Å². The second kappa shape index (κ2) is 9.33. The molecule has 3 aromatic rings. The summed E-state index contributed by atoms with van der Waals surface area (Å²) >= 11 is 1.50. The first-order valence-corrected chi connectivity index (χ1v) is 9.80. The monoisotopic (exact) mass is 393 g/mol. The first-order valence-electron chi connectivity index (χ1n) is 8.92. The van der Waals surface area contributed by atoms with Crippen LogP contribution in [0.15, 0.2) is 77.7 Å². The van der Waals surface area contributed by atoms with Gasteiger partial charge in [0.2, 0.25) is 5.91 Å². The van der Waals surface area contributed by atoms with Crippen LogP contribution in [0.1, 0.15) is 16.4 Å². The van der Waals surface area contributed by atoms with Gasteiger partial charge in [-0.25, -0.2) is 0 Å². The Kier molecular flexibility index (Phi) is 6.61. The Morgan fingerprint density at radius 2 is 1.64 bits per heavy atom. The normalized spacial score (nSPS) is 11.5. The van der Waals surface area contributed by atoms with Gasteiger partial charge in [0, 0.05) is 4.90 Å². The minimum Gasteiger partial charge on any atom is -0.497 e. The zero-order valence-corrected chi connectivity index (χ0v) is 17.0. The summed E-state index contributed by atoms with van der Waals surface area (Å²) in [5, 5.41) is 2.63. The molecule has 0 fully saturated rings. The number of amides is 1. The van der Waals surface area contributed by atoms with Crippen molar-refractivity contribution >= 4 is 23.4 Å². The zero-order chi connectivity index (χ0) is 19.9. The van der Waals surface area contributed by atoms with E-state index in [9.17, 15) is 4.79 Å². The molecule has 1 atom stereocenters. The summed E-state index contributed by atoms with van der Waals surface area (Å²) in [6, 6.07) is 23.2. The number of carbonyl (C=O) groups excluding carboxylic acids is 1. The molecule has 0 saturated heterocycles. The number of thioether (sulfide) groups is 1. The van der Waals surface area contributed by atoms with Gasteiger partial charge in [0.25, 0.3) is 0 Å². The third kappa shape index (κ3) is 4.87. The van der Waals surface area contributed by atoms with Crippen LogP contribution < -0.4 is 14.8 Å². The third-order valence-electron chi connectivity index (χ3n) is 4.27. The molecule has 144 valence electrons. The smallest absolute Gasteiger partial charge is 0.242 e. The van der Waals surface area contributed by atoms with Crippen LogP contribution in [0.5, 0.6) is 11.5 Å². The van der Waals surface area contributed by atoms with Crippen LogP contribution >= 0.6 is 11.8 Å². The molecule has 3 aromatic carbocycles. The molecule has 3 rings (SSSR count). The lowest BCUT2D eigenvalue weighted by molar-refractivity contribution is -0.115. The summed E-state index contributed by atoms with van der Waals surface area (Å²) in [7, 11) is 3.23. The van der Waals surface area contributed by atoms with Gasteiger partial charge in [-0.1, -0.05) is 36.4 Å². The zero-order valence-electron chi connectivity index (χ0n) is 16.1. The molecule has 0 aliphatic rings. The molecule has 1 N–H and O–H groups in total. The van der Waals surface area contributed by atoms with Crippen molar-refractivity contribution in [1.29, 1.82) is 0 Å². The van der Waals surface area contributed by atoms with Crippen molar-refractivity contribution in [2.45, 2.75) is 17.1 Å². The highest BCUT2D eigenvalue weighted by Crippen LogP contribution is 2.37. The lowest BCUT2D eigenvalue weighted by atomic mass is 10.1. The molecular weight excluding hydrogens is 370 g/mol. The van der Waals surface area contributed by atoms with E-state index in [1.807, 2.05) is 79.7 Å². The largest absolute Gasteiger partial charge is 0.497 e. The number of ether oxygens (including phenoxy) is 2. The van der Waals surface area contributed by atoms with Crippen molar-refractivity contribution in [3.63, 3.8) is 0 Å². The fourth-order valence-electron chi connectivity index (χ4n) is 2.81. The maximum Gasteiger partial charge on any atom is 0.242 e. The van der Waals surface area contributed by atoms with E-state index in [0.29, 0.717) is 11.4 Å². The van der Waals surface area contributed by atoms with Crippen LogP contribution in [0.25, 0.3) is 0 Å². The topological polar surface area (TPSA) is 47.6 Å². The van der Waals surface area contributed by atoms with Gasteiger partial charge in [0.05, 0.1) is 19.9 Å². The lowest BCUT2D eigenvalue weighted by Crippen LogP contribution is -2.19. The average Bonchev–Trinajstić information content (AvgIpc) is 2.73. The van der Waals surface area contributed by atoms with E-state index < -0.39 is 5.25 Å². The van der Waals surface area contributed by atoms with Crippen molar-refractivity contribution in [1.82, 2.24) is 0 Å². The Hall–Kier alpha value is -2.92. The first kappa shape index (κ1) is 19.8. The van der Waals surface area contributed by atoms with Crippen molar-refractivity contribution in [3.05, 3.63) is 83.9 Å². The summed E-state index contributed by atoms with van der Waals surface area (Å²) < 4.78 is 10.6. The van der Waals surface area contributed by atoms with Crippen molar-refractivity contribution in [2.24, 2.45) is 0 Å². The number of rotatable bonds is 7. The maximum absolute atomic E-state index is 13.2. The SMILES string of the molecule is COc1ccc(S[C@H](C(=O)Nc2cc(C)ccc2OC)c2ccccc2)cc1. The van der Waals surface area contributed by atoms with E-state index in [1.54, 1.807) is 14.2 Å². The van der Waals surface area contributed by atoms with Gasteiger partial charge in [0.1, 0.15) is 16.7 Å². The van der Waals surface area contributed by atoms with E-state index in [4.69, 9.17) is 9.47 Å². The quantitative estimate of drug-likeness (QED) is 0.540.